The maximum Gasteiger partial charge on any atom is 0.267 e. The van der Waals surface area contributed by atoms with E-state index in [1.165, 1.54) is 12.3 Å². The summed E-state index contributed by atoms with van der Waals surface area (Å²) in [5.74, 6) is -0.530. The van der Waals surface area contributed by atoms with Crippen molar-refractivity contribution < 1.29 is 4.79 Å². The third-order valence-corrected chi connectivity index (χ3v) is 4.22. The summed E-state index contributed by atoms with van der Waals surface area (Å²) in [5.41, 5.74) is 7.46. The summed E-state index contributed by atoms with van der Waals surface area (Å²) in [6.07, 6.45) is 1.38. The van der Waals surface area contributed by atoms with Crippen molar-refractivity contribution in [3.05, 3.63) is 69.3 Å². The second-order valence-electron chi connectivity index (χ2n) is 4.83. The lowest BCUT2D eigenvalue weighted by Gasteiger charge is -2.07. The van der Waals surface area contributed by atoms with Crippen molar-refractivity contribution in [2.75, 3.05) is 11.1 Å². The van der Waals surface area contributed by atoms with E-state index < -0.39 is 5.91 Å². The molecule has 2 aromatic carbocycles. The van der Waals surface area contributed by atoms with Gasteiger partial charge in [0.2, 0.25) is 0 Å². The predicted octanol–water partition coefficient (Wildman–Crippen LogP) is 3.82. The number of benzene rings is 2. The molecule has 0 fully saturated rings. The van der Waals surface area contributed by atoms with Crippen molar-refractivity contribution >= 4 is 44.8 Å². The minimum atomic E-state index is -0.530. The number of hydrogen-bond donors (Lipinski definition) is 3. The molecule has 4 N–H and O–H groups in total. The summed E-state index contributed by atoms with van der Waals surface area (Å²) in [6, 6.07) is 14.3. The Morgan fingerprint density at radius 1 is 1.33 bits per heavy atom. The van der Waals surface area contributed by atoms with Gasteiger partial charge in [-0.3, -0.25) is 4.79 Å². The zero-order chi connectivity index (χ0) is 17.5. The van der Waals surface area contributed by atoms with Crippen molar-refractivity contribution in [2.24, 2.45) is 0 Å². The number of nitrogens with two attached hydrogens (primary N) is 1. The van der Waals surface area contributed by atoms with Crippen LogP contribution in [0.15, 0.2) is 58.7 Å². The molecule has 0 spiro atoms. The molecule has 122 valence electrons. The number of nitrogen functional groups attached to an aromatic ring is 1. The largest absolute Gasteiger partial charge is 0.398 e. The summed E-state index contributed by atoms with van der Waals surface area (Å²) >= 11 is 9.34. The fourth-order valence-electron chi connectivity index (χ4n) is 1.86. The van der Waals surface area contributed by atoms with Crippen LogP contribution in [-0.2, 0) is 11.3 Å². The lowest BCUT2D eigenvalue weighted by Crippen LogP contribution is -2.16. The van der Waals surface area contributed by atoms with Crippen molar-refractivity contribution in [2.45, 2.75) is 6.54 Å². The van der Waals surface area contributed by atoms with Gasteiger partial charge in [-0.1, -0.05) is 45.7 Å². The number of rotatable bonds is 5. The van der Waals surface area contributed by atoms with Crippen LogP contribution in [0.25, 0.3) is 0 Å². The Labute approximate surface area is 153 Å². The Morgan fingerprint density at radius 2 is 2.08 bits per heavy atom. The Bertz CT molecular complexity index is 830. The molecule has 0 radical (unpaired) electrons. The van der Waals surface area contributed by atoms with E-state index in [2.05, 4.69) is 26.6 Å². The van der Waals surface area contributed by atoms with Gasteiger partial charge in [-0.05, 0) is 29.8 Å². The van der Waals surface area contributed by atoms with Crippen LogP contribution in [0.2, 0.25) is 5.02 Å². The third-order valence-electron chi connectivity index (χ3n) is 3.12. The van der Waals surface area contributed by atoms with Gasteiger partial charge in [-0.25, -0.2) is 0 Å². The van der Waals surface area contributed by atoms with Gasteiger partial charge in [0, 0.05) is 22.9 Å². The van der Waals surface area contributed by atoms with E-state index in [1.807, 2.05) is 30.3 Å². The van der Waals surface area contributed by atoms with E-state index in [4.69, 9.17) is 22.6 Å². The van der Waals surface area contributed by atoms with Gasteiger partial charge in [-0.15, -0.1) is 0 Å². The summed E-state index contributed by atoms with van der Waals surface area (Å²) in [5, 5.41) is 15.0. The minimum Gasteiger partial charge on any atom is -0.398 e. The first-order valence-corrected chi connectivity index (χ1v) is 8.12. The van der Waals surface area contributed by atoms with Crippen LogP contribution in [-0.4, -0.2) is 5.91 Å². The number of carbonyl (C=O) groups is 1. The monoisotopic (exact) mass is 404 g/mol. The molecule has 7 heteroatoms. The van der Waals surface area contributed by atoms with E-state index in [-0.39, 0.29) is 5.57 Å². The smallest absolute Gasteiger partial charge is 0.267 e. The lowest BCUT2D eigenvalue weighted by atomic mass is 10.2. The van der Waals surface area contributed by atoms with Crippen LogP contribution < -0.4 is 16.4 Å². The molecule has 0 aliphatic carbocycles. The maximum absolute atomic E-state index is 12.1. The van der Waals surface area contributed by atoms with Gasteiger partial charge in [0.25, 0.3) is 5.91 Å². The SMILES string of the molecule is N#C/C(=C/NCc1ccccc1Br)C(=O)Nc1ccc(N)c(Cl)c1. The molecule has 0 saturated heterocycles. The Hall–Kier alpha value is -2.49. The molecule has 2 rings (SSSR count). The average Bonchev–Trinajstić information content (AvgIpc) is 2.56. The molecule has 0 aliphatic rings. The van der Waals surface area contributed by atoms with Gasteiger partial charge in [0.15, 0.2) is 0 Å². The molecule has 0 atom stereocenters. The first-order valence-electron chi connectivity index (χ1n) is 6.94. The number of halogens is 2. The number of amides is 1. The van der Waals surface area contributed by atoms with E-state index in [0.29, 0.717) is 22.9 Å². The van der Waals surface area contributed by atoms with Crippen molar-refractivity contribution in [3.8, 4) is 6.07 Å². The number of nitriles is 1. The molecule has 5 nitrogen and oxygen atoms in total. The predicted molar refractivity (Wildman–Crippen MR) is 99.2 cm³/mol. The van der Waals surface area contributed by atoms with Gasteiger partial charge >= 0.3 is 0 Å². The molecule has 0 unspecified atom stereocenters. The van der Waals surface area contributed by atoms with Crippen LogP contribution in [0.5, 0.6) is 0 Å². The Balaban J connectivity index is 2.01. The Kier molecular flexibility index (Phi) is 6.24. The highest BCUT2D eigenvalue weighted by Crippen LogP contribution is 2.22. The number of anilines is 2. The third kappa shape index (κ3) is 4.75. The highest BCUT2D eigenvalue weighted by Gasteiger charge is 2.10. The maximum atomic E-state index is 12.1. The lowest BCUT2D eigenvalue weighted by molar-refractivity contribution is -0.112. The van der Waals surface area contributed by atoms with Crippen LogP contribution in [0, 0.1) is 11.3 Å². The van der Waals surface area contributed by atoms with Crippen molar-refractivity contribution in [1.82, 2.24) is 5.32 Å². The fourth-order valence-corrected chi connectivity index (χ4v) is 2.46. The molecule has 2 aromatic rings. The molecule has 0 heterocycles. The molecule has 24 heavy (non-hydrogen) atoms. The first kappa shape index (κ1) is 17.9. The normalized spacial score (nSPS) is 10.8. The minimum absolute atomic E-state index is 0.0463. The van der Waals surface area contributed by atoms with E-state index >= 15 is 0 Å². The quantitative estimate of drug-likeness (QED) is 0.401. The Morgan fingerprint density at radius 3 is 2.75 bits per heavy atom. The highest BCUT2D eigenvalue weighted by atomic mass is 79.9. The fraction of sp³-hybridized carbons (Fsp3) is 0.0588. The molecule has 1 amide bonds. The highest BCUT2D eigenvalue weighted by molar-refractivity contribution is 9.10. The zero-order valence-corrected chi connectivity index (χ0v) is 14.9. The zero-order valence-electron chi connectivity index (χ0n) is 12.5. The van der Waals surface area contributed by atoms with Crippen LogP contribution >= 0.6 is 27.5 Å². The van der Waals surface area contributed by atoms with Gasteiger partial charge in [0.1, 0.15) is 11.6 Å². The van der Waals surface area contributed by atoms with Gasteiger partial charge in [0.05, 0.1) is 10.7 Å². The van der Waals surface area contributed by atoms with Crippen LogP contribution in [0.3, 0.4) is 0 Å². The second-order valence-corrected chi connectivity index (χ2v) is 6.09. The standard InChI is InChI=1S/C17H14BrClN4O/c18-14-4-2-1-3-11(14)9-22-10-12(8-20)17(24)23-13-5-6-16(21)15(19)7-13/h1-7,10,22H,9,21H2,(H,23,24)/b12-10-. The van der Waals surface area contributed by atoms with E-state index in [9.17, 15) is 4.79 Å². The summed E-state index contributed by atoms with van der Waals surface area (Å²) in [7, 11) is 0. The molecule has 0 aliphatic heterocycles. The van der Waals surface area contributed by atoms with E-state index in [0.717, 1.165) is 10.0 Å². The topological polar surface area (TPSA) is 90.9 Å². The van der Waals surface area contributed by atoms with Crippen LogP contribution in [0.1, 0.15) is 5.56 Å². The van der Waals surface area contributed by atoms with Gasteiger partial charge < -0.3 is 16.4 Å². The van der Waals surface area contributed by atoms with E-state index in [1.54, 1.807) is 12.1 Å². The second kappa shape index (κ2) is 8.39. The molecular formula is C17H14BrClN4O. The van der Waals surface area contributed by atoms with Crippen LogP contribution in [0.4, 0.5) is 11.4 Å². The summed E-state index contributed by atoms with van der Waals surface area (Å²) in [4.78, 5) is 12.1. The molecule has 0 bridgehead atoms. The average molecular weight is 406 g/mol. The van der Waals surface area contributed by atoms with Gasteiger partial charge in [-0.2, -0.15) is 5.26 Å². The number of nitrogens with zero attached hydrogens (tertiary/aromatic N) is 1. The number of hydrogen-bond acceptors (Lipinski definition) is 4. The molecular weight excluding hydrogens is 392 g/mol. The first-order chi connectivity index (χ1) is 11.5. The molecule has 0 aromatic heterocycles. The summed E-state index contributed by atoms with van der Waals surface area (Å²) in [6.45, 7) is 0.480. The molecule has 0 saturated carbocycles. The summed E-state index contributed by atoms with van der Waals surface area (Å²) < 4.78 is 0.949. The van der Waals surface area contributed by atoms with Crippen molar-refractivity contribution in [3.63, 3.8) is 0 Å². The number of carbonyl (C=O) groups excluding carboxylic acids is 1. The van der Waals surface area contributed by atoms with Crippen molar-refractivity contribution in [1.29, 1.82) is 5.26 Å². The number of nitrogens with one attached hydrogen (secondary N) is 2.